The van der Waals surface area contributed by atoms with E-state index in [-0.39, 0.29) is 0 Å². The zero-order chi connectivity index (χ0) is 19.2. The van der Waals surface area contributed by atoms with E-state index in [9.17, 15) is 8.42 Å². The first-order valence-electron chi connectivity index (χ1n) is 9.34. The highest BCUT2D eigenvalue weighted by Gasteiger charge is 2.40. The fourth-order valence-electron chi connectivity index (χ4n) is 4.08. The Labute approximate surface area is 159 Å². The summed E-state index contributed by atoms with van der Waals surface area (Å²) in [6.07, 6.45) is 5.64. The summed E-state index contributed by atoms with van der Waals surface area (Å²) in [6.45, 7) is 2.66. The van der Waals surface area contributed by atoms with Crippen LogP contribution in [0.5, 0.6) is 0 Å². The molecule has 3 aromatic rings. The largest absolute Gasteiger partial charge is 0.382 e. The van der Waals surface area contributed by atoms with Crippen molar-refractivity contribution in [2.24, 2.45) is 0 Å². The predicted octanol–water partition coefficient (Wildman–Crippen LogP) is 2.59. The van der Waals surface area contributed by atoms with Crippen LogP contribution in [0.15, 0.2) is 24.3 Å². The SMILES string of the molecule is CCCc1nc2c(N)nc3ccccc3c2n1CC1(NS(C)(=O)=O)CCC1. The predicted molar refractivity (Wildman–Crippen MR) is 108 cm³/mol. The molecule has 1 fully saturated rings. The summed E-state index contributed by atoms with van der Waals surface area (Å²) in [5.74, 6) is 1.34. The quantitative estimate of drug-likeness (QED) is 0.677. The molecule has 27 heavy (non-hydrogen) atoms. The van der Waals surface area contributed by atoms with E-state index in [2.05, 4.69) is 21.2 Å². The maximum Gasteiger partial charge on any atom is 0.209 e. The molecule has 7 nitrogen and oxygen atoms in total. The molecule has 1 aromatic carbocycles. The highest BCUT2D eigenvalue weighted by atomic mass is 32.2. The summed E-state index contributed by atoms with van der Waals surface area (Å²) in [4.78, 5) is 9.29. The number of nitrogens with zero attached hydrogens (tertiary/aromatic N) is 3. The highest BCUT2D eigenvalue weighted by Crippen LogP contribution is 2.37. The molecule has 8 heteroatoms. The van der Waals surface area contributed by atoms with Crippen LogP contribution in [0.25, 0.3) is 21.9 Å². The van der Waals surface area contributed by atoms with Gasteiger partial charge in [0.05, 0.1) is 22.8 Å². The molecule has 1 aliphatic rings. The number of hydrogen-bond acceptors (Lipinski definition) is 5. The second-order valence-electron chi connectivity index (χ2n) is 7.58. The molecule has 0 spiro atoms. The summed E-state index contributed by atoms with van der Waals surface area (Å²) in [5.41, 5.74) is 8.23. The number of benzene rings is 1. The normalized spacial score (nSPS) is 16.7. The van der Waals surface area contributed by atoms with E-state index in [0.717, 1.165) is 54.3 Å². The fourth-order valence-corrected chi connectivity index (χ4v) is 5.14. The van der Waals surface area contributed by atoms with Crippen LogP contribution < -0.4 is 10.5 Å². The minimum atomic E-state index is -3.30. The Hall–Kier alpha value is -2.19. The van der Waals surface area contributed by atoms with Gasteiger partial charge in [0.15, 0.2) is 5.82 Å². The van der Waals surface area contributed by atoms with E-state index in [0.29, 0.717) is 17.9 Å². The summed E-state index contributed by atoms with van der Waals surface area (Å²) in [7, 11) is -3.30. The molecule has 3 N–H and O–H groups in total. The third kappa shape index (κ3) is 3.27. The van der Waals surface area contributed by atoms with Crippen LogP contribution in [0.1, 0.15) is 38.4 Å². The molecule has 0 radical (unpaired) electrons. The zero-order valence-electron chi connectivity index (χ0n) is 15.7. The maximum absolute atomic E-state index is 11.9. The van der Waals surface area contributed by atoms with Crippen molar-refractivity contribution < 1.29 is 8.42 Å². The van der Waals surface area contributed by atoms with Crippen LogP contribution in [0.3, 0.4) is 0 Å². The minimum Gasteiger partial charge on any atom is -0.382 e. The standard InChI is InChI=1S/C19H25N5O2S/c1-3-7-15-22-16-17(13-8-4-5-9-14(13)21-18(16)20)24(15)12-19(10-6-11-19)23-27(2,25)26/h4-5,8-9,23H,3,6-7,10-12H2,1-2H3,(H2,20,21). The van der Waals surface area contributed by atoms with Gasteiger partial charge in [-0.1, -0.05) is 25.1 Å². The molecule has 0 aliphatic heterocycles. The number of para-hydroxylation sites is 1. The van der Waals surface area contributed by atoms with Crippen LogP contribution in [0.4, 0.5) is 5.82 Å². The lowest BCUT2D eigenvalue weighted by Crippen LogP contribution is -2.55. The van der Waals surface area contributed by atoms with Gasteiger partial charge < -0.3 is 10.3 Å². The van der Waals surface area contributed by atoms with Crippen LogP contribution in [0, 0.1) is 0 Å². The Bertz CT molecular complexity index is 1120. The van der Waals surface area contributed by atoms with Crippen molar-refractivity contribution in [2.45, 2.75) is 51.1 Å². The highest BCUT2D eigenvalue weighted by molar-refractivity contribution is 7.88. The summed E-state index contributed by atoms with van der Waals surface area (Å²) in [6, 6.07) is 7.88. The minimum absolute atomic E-state index is 0.415. The van der Waals surface area contributed by atoms with E-state index in [4.69, 9.17) is 10.7 Å². The second-order valence-corrected chi connectivity index (χ2v) is 9.33. The average molecular weight is 388 g/mol. The first kappa shape index (κ1) is 18.2. The summed E-state index contributed by atoms with van der Waals surface area (Å²) in [5, 5.41) is 0.991. The van der Waals surface area contributed by atoms with Gasteiger partial charge in [-0.15, -0.1) is 0 Å². The molecule has 1 saturated carbocycles. The molecule has 2 heterocycles. The molecule has 2 aromatic heterocycles. The number of hydrogen-bond donors (Lipinski definition) is 2. The molecule has 0 saturated heterocycles. The Balaban J connectivity index is 1.93. The van der Waals surface area contributed by atoms with Crippen molar-refractivity contribution in [3.8, 4) is 0 Å². The van der Waals surface area contributed by atoms with E-state index < -0.39 is 15.6 Å². The third-order valence-electron chi connectivity index (χ3n) is 5.34. The van der Waals surface area contributed by atoms with E-state index in [1.165, 1.54) is 6.26 Å². The number of pyridine rings is 1. The lowest BCUT2D eigenvalue weighted by molar-refractivity contribution is 0.191. The molecule has 0 atom stereocenters. The Morgan fingerprint density at radius 2 is 2.00 bits per heavy atom. The number of sulfonamides is 1. The lowest BCUT2D eigenvalue weighted by Gasteiger charge is -2.42. The van der Waals surface area contributed by atoms with Gasteiger partial charge in [0, 0.05) is 18.4 Å². The number of nitrogens with one attached hydrogen (secondary N) is 1. The van der Waals surface area contributed by atoms with Crippen LogP contribution in [-0.2, 0) is 23.0 Å². The molecule has 0 unspecified atom stereocenters. The number of nitrogens with two attached hydrogens (primary N) is 1. The first-order valence-corrected chi connectivity index (χ1v) is 11.2. The maximum atomic E-state index is 11.9. The topological polar surface area (TPSA) is 103 Å². The smallest absolute Gasteiger partial charge is 0.209 e. The van der Waals surface area contributed by atoms with Gasteiger partial charge in [0.25, 0.3) is 0 Å². The van der Waals surface area contributed by atoms with Gasteiger partial charge in [-0.25, -0.2) is 23.1 Å². The Kier molecular flexibility index (Phi) is 4.35. The summed E-state index contributed by atoms with van der Waals surface area (Å²) < 4.78 is 28.9. The second kappa shape index (κ2) is 6.45. The van der Waals surface area contributed by atoms with Crippen molar-refractivity contribution >= 4 is 37.8 Å². The number of anilines is 1. The van der Waals surface area contributed by atoms with Crippen molar-refractivity contribution in [1.29, 1.82) is 0 Å². The molecule has 0 amide bonds. The molecule has 1 aliphatic carbocycles. The van der Waals surface area contributed by atoms with Crippen LogP contribution in [0.2, 0.25) is 0 Å². The van der Waals surface area contributed by atoms with Crippen LogP contribution in [-0.4, -0.2) is 34.7 Å². The third-order valence-corrected chi connectivity index (χ3v) is 6.14. The van der Waals surface area contributed by atoms with Gasteiger partial charge in [-0.05, 0) is 31.7 Å². The van der Waals surface area contributed by atoms with Crippen LogP contribution >= 0.6 is 0 Å². The lowest BCUT2D eigenvalue weighted by atomic mass is 9.77. The van der Waals surface area contributed by atoms with Crippen molar-refractivity contribution in [3.63, 3.8) is 0 Å². The van der Waals surface area contributed by atoms with Crippen molar-refractivity contribution in [3.05, 3.63) is 30.1 Å². The summed E-state index contributed by atoms with van der Waals surface area (Å²) >= 11 is 0. The van der Waals surface area contributed by atoms with E-state index in [1.54, 1.807) is 0 Å². The van der Waals surface area contributed by atoms with Gasteiger partial charge in [-0.2, -0.15) is 0 Å². The number of aromatic nitrogens is 3. The Morgan fingerprint density at radius 1 is 1.26 bits per heavy atom. The average Bonchev–Trinajstić information content (AvgIpc) is 2.91. The van der Waals surface area contributed by atoms with Gasteiger partial charge >= 0.3 is 0 Å². The van der Waals surface area contributed by atoms with Gasteiger partial charge in [0.1, 0.15) is 11.3 Å². The van der Waals surface area contributed by atoms with Crippen molar-refractivity contribution in [1.82, 2.24) is 19.3 Å². The van der Waals surface area contributed by atoms with Gasteiger partial charge in [0.2, 0.25) is 10.0 Å². The molecular weight excluding hydrogens is 362 g/mol. The van der Waals surface area contributed by atoms with E-state index in [1.807, 2.05) is 24.3 Å². The van der Waals surface area contributed by atoms with Crippen molar-refractivity contribution in [2.75, 3.05) is 12.0 Å². The number of nitrogen functional groups attached to an aromatic ring is 1. The number of fused-ring (bicyclic) bond motifs is 3. The number of rotatable bonds is 6. The molecule has 0 bridgehead atoms. The Morgan fingerprint density at radius 3 is 2.63 bits per heavy atom. The molecule has 4 rings (SSSR count). The zero-order valence-corrected chi connectivity index (χ0v) is 16.5. The number of imidazole rings is 1. The molecule has 144 valence electrons. The molecular formula is C19H25N5O2S. The monoisotopic (exact) mass is 387 g/mol. The van der Waals surface area contributed by atoms with E-state index >= 15 is 0 Å². The fraction of sp³-hybridized carbons (Fsp3) is 0.474. The first-order chi connectivity index (χ1) is 12.8. The van der Waals surface area contributed by atoms with Gasteiger partial charge in [-0.3, -0.25) is 0 Å². The number of aryl methyl sites for hydroxylation is 1.